The highest BCUT2D eigenvalue weighted by atomic mass is 32.1. The first-order chi connectivity index (χ1) is 14.0. The summed E-state index contributed by atoms with van der Waals surface area (Å²) in [5.74, 6) is -0.333. The molecule has 0 saturated heterocycles. The van der Waals surface area contributed by atoms with E-state index in [0.29, 0.717) is 28.0 Å². The lowest BCUT2D eigenvalue weighted by atomic mass is 10.1. The highest BCUT2D eigenvalue weighted by Gasteiger charge is 2.19. The largest absolute Gasteiger partial charge is 0.393 e. The molecule has 0 fully saturated rings. The highest BCUT2D eigenvalue weighted by Crippen LogP contribution is 2.33. The zero-order valence-electron chi connectivity index (χ0n) is 14.6. The van der Waals surface area contributed by atoms with Crippen LogP contribution in [0.4, 0.5) is 19.0 Å². The minimum absolute atomic E-state index is 0.133. The predicted octanol–water partition coefficient (Wildman–Crippen LogP) is 5.49. The first-order valence-corrected chi connectivity index (χ1v) is 9.30. The van der Waals surface area contributed by atoms with Gasteiger partial charge in [0.25, 0.3) is 0 Å². The molecule has 0 unspecified atom stereocenters. The van der Waals surface area contributed by atoms with Crippen LogP contribution in [0.3, 0.4) is 0 Å². The summed E-state index contributed by atoms with van der Waals surface area (Å²) < 4.78 is 43.5. The van der Waals surface area contributed by atoms with Crippen LogP contribution in [0.2, 0.25) is 0 Å². The van der Waals surface area contributed by atoms with Crippen LogP contribution < -0.4 is 0 Å². The first kappa shape index (κ1) is 18.9. The number of benzene rings is 1. The third kappa shape index (κ3) is 3.90. The van der Waals surface area contributed by atoms with E-state index >= 15 is 0 Å². The van der Waals surface area contributed by atoms with Crippen molar-refractivity contribution in [2.24, 2.45) is 4.99 Å². The molecule has 0 aliphatic heterocycles. The zero-order chi connectivity index (χ0) is 20.4. The molecule has 0 atom stereocenters. The lowest BCUT2D eigenvalue weighted by Gasteiger charge is -2.05. The number of carbonyl (C=O) groups excluding carboxylic acids is 1. The Labute approximate surface area is 166 Å². The summed E-state index contributed by atoms with van der Waals surface area (Å²) in [4.78, 5) is 20.4. The van der Waals surface area contributed by atoms with Gasteiger partial charge in [-0.2, -0.15) is 25.1 Å². The summed E-state index contributed by atoms with van der Waals surface area (Å²) in [6.07, 6.45) is -0.129. The van der Waals surface area contributed by atoms with E-state index in [-0.39, 0.29) is 11.6 Å². The fourth-order valence-electron chi connectivity index (χ4n) is 2.85. The third-order valence-electron chi connectivity index (χ3n) is 4.07. The van der Waals surface area contributed by atoms with Crippen molar-refractivity contribution in [3.8, 4) is 11.3 Å². The smallest absolute Gasteiger partial charge is 0.390 e. The minimum atomic E-state index is -3.34. The lowest BCUT2D eigenvalue weighted by molar-refractivity contribution is -0.0688. The van der Waals surface area contributed by atoms with Gasteiger partial charge in [-0.05, 0) is 23.6 Å². The Bertz CT molecular complexity index is 1190. The highest BCUT2D eigenvalue weighted by molar-refractivity contribution is 7.08. The van der Waals surface area contributed by atoms with Crippen LogP contribution in [-0.2, 0) is 4.74 Å². The SMILES string of the molecule is O=C(c1ccccc1)c1ccc2nc(/N=C(/F)OC(F)F)c(-c3ccsc3)n2c1. The molecule has 3 aromatic heterocycles. The van der Waals surface area contributed by atoms with E-state index in [4.69, 9.17) is 0 Å². The van der Waals surface area contributed by atoms with E-state index < -0.39 is 12.8 Å². The number of ketones is 1. The van der Waals surface area contributed by atoms with Gasteiger partial charge in [0.15, 0.2) is 11.6 Å². The number of halogens is 3. The van der Waals surface area contributed by atoms with Crippen LogP contribution in [0.1, 0.15) is 15.9 Å². The molecule has 1 aromatic carbocycles. The van der Waals surface area contributed by atoms with Crippen molar-refractivity contribution in [3.63, 3.8) is 0 Å². The van der Waals surface area contributed by atoms with E-state index in [2.05, 4.69) is 14.7 Å². The number of imidazole rings is 1. The molecule has 5 nitrogen and oxygen atoms in total. The van der Waals surface area contributed by atoms with Crippen LogP contribution in [0.25, 0.3) is 16.9 Å². The van der Waals surface area contributed by atoms with Gasteiger partial charge in [0.1, 0.15) is 11.3 Å². The van der Waals surface area contributed by atoms with Crippen molar-refractivity contribution in [2.45, 2.75) is 6.61 Å². The molecular weight excluding hydrogens is 403 g/mol. The van der Waals surface area contributed by atoms with Crippen molar-refractivity contribution in [1.29, 1.82) is 0 Å². The number of nitrogens with zero attached hydrogens (tertiary/aromatic N) is 3. The molecule has 4 aromatic rings. The molecule has 3 heterocycles. The average Bonchev–Trinajstić information content (AvgIpc) is 3.34. The Hall–Kier alpha value is -3.46. The van der Waals surface area contributed by atoms with Crippen molar-refractivity contribution in [1.82, 2.24) is 9.38 Å². The second-order valence-electron chi connectivity index (χ2n) is 5.88. The molecule has 4 rings (SSSR count). The number of aliphatic imine (C=N–C) groups is 1. The average molecular weight is 415 g/mol. The van der Waals surface area contributed by atoms with Gasteiger partial charge in [-0.25, -0.2) is 4.98 Å². The van der Waals surface area contributed by atoms with E-state index in [0.717, 1.165) is 0 Å². The van der Waals surface area contributed by atoms with Crippen molar-refractivity contribution in [3.05, 3.63) is 76.6 Å². The molecule has 0 saturated carbocycles. The second-order valence-corrected chi connectivity index (χ2v) is 6.66. The molecule has 0 aliphatic carbocycles. The van der Waals surface area contributed by atoms with Crippen LogP contribution >= 0.6 is 11.3 Å². The Morgan fingerprint density at radius 1 is 1.10 bits per heavy atom. The number of ether oxygens (including phenoxy) is 1. The van der Waals surface area contributed by atoms with E-state index in [1.807, 2.05) is 6.07 Å². The van der Waals surface area contributed by atoms with Gasteiger partial charge in [-0.3, -0.25) is 9.20 Å². The topological polar surface area (TPSA) is 56.0 Å². The predicted molar refractivity (Wildman–Crippen MR) is 104 cm³/mol. The monoisotopic (exact) mass is 415 g/mol. The Morgan fingerprint density at radius 2 is 1.90 bits per heavy atom. The summed E-state index contributed by atoms with van der Waals surface area (Å²) in [7, 11) is 0. The maximum atomic E-state index is 13.7. The van der Waals surface area contributed by atoms with Gasteiger partial charge in [-0.1, -0.05) is 30.3 Å². The number of pyridine rings is 1. The van der Waals surface area contributed by atoms with Gasteiger partial charge in [0.2, 0.25) is 0 Å². The summed E-state index contributed by atoms with van der Waals surface area (Å²) in [5.41, 5.74) is 2.28. The van der Waals surface area contributed by atoms with Crippen LogP contribution in [0.5, 0.6) is 0 Å². The molecule has 9 heteroatoms. The molecule has 0 N–H and O–H groups in total. The van der Waals surface area contributed by atoms with Crippen molar-refractivity contribution in [2.75, 3.05) is 0 Å². The van der Waals surface area contributed by atoms with E-state index in [1.54, 1.807) is 63.8 Å². The summed E-state index contributed by atoms with van der Waals surface area (Å²) in [5, 5.41) is 3.58. The van der Waals surface area contributed by atoms with Gasteiger partial charge >= 0.3 is 12.8 Å². The number of hydrogen-bond acceptors (Lipinski definition) is 5. The third-order valence-corrected chi connectivity index (χ3v) is 4.76. The van der Waals surface area contributed by atoms with Gasteiger partial charge in [-0.15, -0.1) is 4.39 Å². The number of thiophene rings is 1. The molecular formula is C20H12F3N3O2S. The second kappa shape index (κ2) is 7.88. The number of aromatic nitrogens is 2. The summed E-state index contributed by atoms with van der Waals surface area (Å²) in [6.45, 7) is -3.34. The summed E-state index contributed by atoms with van der Waals surface area (Å²) in [6, 6.07) is 13.7. The standard InChI is InChI=1S/C20H12F3N3O2S/c21-19(22)28-20(23)25-18-16(14-8-9-29-11-14)26-10-13(6-7-15(26)24-18)17(27)12-4-2-1-3-5-12/h1-11,19H/b25-20-. The van der Waals surface area contributed by atoms with E-state index in [9.17, 15) is 18.0 Å². The van der Waals surface area contributed by atoms with Crippen LogP contribution in [0.15, 0.2) is 70.5 Å². The molecule has 146 valence electrons. The van der Waals surface area contributed by atoms with Gasteiger partial charge in [0.05, 0.1) is 0 Å². The molecule has 0 aliphatic rings. The molecule has 0 bridgehead atoms. The Kier molecular flexibility index (Phi) is 5.13. The number of rotatable bonds is 5. The van der Waals surface area contributed by atoms with Gasteiger partial charge < -0.3 is 4.74 Å². The zero-order valence-corrected chi connectivity index (χ0v) is 15.4. The number of alkyl halides is 2. The van der Waals surface area contributed by atoms with Crippen molar-refractivity contribution >= 4 is 34.7 Å². The van der Waals surface area contributed by atoms with Crippen molar-refractivity contribution < 1.29 is 22.7 Å². The molecule has 0 amide bonds. The van der Waals surface area contributed by atoms with Gasteiger partial charge in [0, 0.05) is 28.3 Å². The van der Waals surface area contributed by atoms with Crippen LogP contribution in [0, 0.1) is 0 Å². The Morgan fingerprint density at radius 3 is 2.59 bits per heavy atom. The maximum absolute atomic E-state index is 13.7. The molecule has 29 heavy (non-hydrogen) atoms. The van der Waals surface area contributed by atoms with Crippen LogP contribution in [-0.4, -0.2) is 27.9 Å². The minimum Gasteiger partial charge on any atom is -0.393 e. The maximum Gasteiger partial charge on any atom is 0.390 e. The Balaban J connectivity index is 1.86. The fourth-order valence-corrected chi connectivity index (χ4v) is 3.49. The molecule has 0 spiro atoms. The van der Waals surface area contributed by atoms with E-state index in [1.165, 1.54) is 11.3 Å². The molecule has 0 radical (unpaired) electrons. The number of carbonyl (C=O) groups is 1. The number of fused-ring (bicyclic) bond motifs is 1. The summed E-state index contributed by atoms with van der Waals surface area (Å²) >= 11 is 1.39. The fraction of sp³-hybridized carbons (Fsp3) is 0.0500. The first-order valence-electron chi connectivity index (χ1n) is 8.36. The lowest BCUT2D eigenvalue weighted by Crippen LogP contribution is -2.03. The quantitative estimate of drug-likeness (QED) is 0.246. The normalized spacial score (nSPS) is 11.9. The number of hydrogen-bond donors (Lipinski definition) is 0.